The Morgan fingerprint density at radius 2 is 1.52 bits per heavy atom. The Hall–Kier alpha value is -2.73. The Bertz CT molecular complexity index is 937. The van der Waals surface area contributed by atoms with Gasteiger partial charge in [0.1, 0.15) is 0 Å². The first kappa shape index (κ1) is 17.7. The van der Waals surface area contributed by atoms with Gasteiger partial charge in [0.05, 0.1) is 34.5 Å². The van der Waals surface area contributed by atoms with Crippen molar-refractivity contribution in [1.29, 1.82) is 0 Å². The highest BCUT2D eigenvalue weighted by Crippen LogP contribution is 2.53. The van der Waals surface area contributed by atoms with E-state index >= 15 is 0 Å². The number of hydrogen-bond donors (Lipinski definition) is 0. The van der Waals surface area contributed by atoms with Gasteiger partial charge in [-0.3, -0.25) is 9.69 Å². The normalized spacial score (nSPS) is 17.8. The minimum Gasteiger partial charge on any atom is -0.493 e. The molecule has 1 unspecified atom stereocenters. The molecule has 0 bridgehead atoms. The Kier molecular flexibility index (Phi) is 4.23. The van der Waals surface area contributed by atoms with Crippen LogP contribution in [0.25, 0.3) is 11.1 Å². The molecule has 2 aliphatic rings. The van der Waals surface area contributed by atoms with Crippen molar-refractivity contribution in [2.75, 3.05) is 42.0 Å². The second-order valence-electron chi connectivity index (χ2n) is 6.81. The summed E-state index contributed by atoms with van der Waals surface area (Å²) in [6.45, 7) is 0.807. The zero-order valence-electron chi connectivity index (χ0n) is 16.2. The van der Waals surface area contributed by atoms with E-state index in [4.69, 9.17) is 18.9 Å². The van der Waals surface area contributed by atoms with Crippen LogP contribution in [0.15, 0.2) is 18.2 Å². The fourth-order valence-electron chi connectivity index (χ4n) is 4.26. The van der Waals surface area contributed by atoms with E-state index in [1.54, 1.807) is 34.5 Å². The molecule has 1 heterocycles. The number of benzene rings is 2. The average molecular weight is 369 g/mol. The van der Waals surface area contributed by atoms with Crippen molar-refractivity contribution in [3.63, 3.8) is 0 Å². The van der Waals surface area contributed by atoms with E-state index in [0.717, 1.165) is 35.2 Å². The maximum absolute atomic E-state index is 13.4. The van der Waals surface area contributed by atoms with Crippen LogP contribution in [0.3, 0.4) is 0 Å². The lowest BCUT2D eigenvalue weighted by atomic mass is 9.75. The molecule has 0 aromatic heterocycles. The van der Waals surface area contributed by atoms with Gasteiger partial charge in [0, 0.05) is 23.2 Å². The number of carbonyl (C=O) groups is 1. The van der Waals surface area contributed by atoms with Gasteiger partial charge in [-0.15, -0.1) is 0 Å². The van der Waals surface area contributed by atoms with Crippen molar-refractivity contribution in [3.8, 4) is 34.1 Å². The standard InChI is InChI=1S/C21H23NO5/c1-22-7-6-11-8-16(26-4)21(27-5)18-12-9-14(24-2)15(25-3)10-13(12)20(23)19(22)17(11)18/h8-10,19H,6-7H2,1-5H3. The Balaban J connectivity index is 2.13. The van der Waals surface area contributed by atoms with Gasteiger partial charge >= 0.3 is 0 Å². The number of carbonyl (C=O) groups excluding carboxylic acids is 1. The Morgan fingerprint density at radius 3 is 2.11 bits per heavy atom. The molecule has 4 rings (SSSR count). The fraction of sp³-hybridized carbons (Fsp3) is 0.381. The predicted octanol–water partition coefficient (Wildman–Crippen LogP) is 3.11. The molecular formula is C21H23NO5. The molecule has 6 nitrogen and oxygen atoms in total. The van der Waals surface area contributed by atoms with Gasteiger partial charge in [-0.1, -0.05) is 0 Å². The molecule has 6 heteroatoms. The fourth-order valence-corrected chi connectivity index (χ4v) is 4.26. The first-order valence-electron chi connectivity index (χ1n) is 8.84. The maximum Gasteiger partial charge on any atom is 0.185 e. The summed E-state index contributed by atoms with van der Waals surface area (Å²) in [6, 6.07) is 5.28. The minimum absolute atomic E-state index is 0.0640. The van der Waals surface area contributed by atoms with Gasteiger partial charge in [-0.25, -0.2) is 0 Å². The summed E-state index contributed by atoms with van der Waals surface area (Å²) in [7, 11) is 8.40. The first-order valence-corrected chi connectivity index (χ1v) is 8.84. The number of ketones is 1. The minimum atomic E-state index is -0.339. The number of ether oxygens (including phenoxy) is 4. The van der Waals surface area contributed by atoms with Crippen LogP contribution in [0.1, 0.15) is 27.5 Å². The van der Waals surface area contributed by atoms with E-state index < -0.39 is 0 Å². The Labute approximate surface area is 158 Å². The Morgan fingerprint density at radius 1 is 0.889 bits per heavy atom. The molecule has 1 aliphatic carbocycles. The smallest absolute Gasteiger partial charge is 0.185 e. The van der Waals surface area contributed by atoms with Crippen molar-refractivity contribution in [3.05, 3.63) is 34.9 Å². The van der Waals surface area contributed by atoms with Crippen LogP contribution in [0.5, 0.6) is 23.0 Å². The molecular weight excluding hydrogens is 346 g/mol. The zero-order chi connectivity index (χ0) is 19.3. The third kappa shape index (κ3) is 2.40. The van der Waals surface area contributed by atoms with Crippen LogP contribution in [0.2, 0.25) is 0 Å². The topological polar surface area (TPSA) is 57.2 Å². The molecule has 0 amide bonds. The maximum atomic E-state index is 13.4. The molecule has 0 fully saturated rings. The molecule has 142 valence electrons. The molecule has 0 saturated heterocycles. The highest BCUT2D eigenvalue weighted by molar-refractivity contribution is 6.12. The van der Waals surface area contributed by atoms with Crippen molar-refractivity contribution in [2.45, 2.75) is 12.5 Å². The highest BCUT2D eigenvalue weighted by atomic mass is 16.5. The highest BCUT2D eigenvalue weighted by Gasteiger charge is 2.42. The largest absolute Gasteiger partial charge is 0.493 e. The molecule has 2 aromatic carbocycles. The van der Waals surface area contributed by atoms with E-state index in [1.807, 2.05) is 19.2 Å². The van der Waals surface area contributed by atoms with Crippen LogP contribution < -0.4 is 18.9 Å². The van der Waals surface area contributed by atoms with Gasteiger partial charge in [-0.05, 0) is 42.8 Å². The molecule has 27 heavy (non-hydrogen) atoms. The van der Waals surface area contributed by atoms with Crippen molar-refractivity contribution in [1.82, 2.24) is 4.90 Å². The number of nitrogens with zero attached hydrogens (tertiary/aromatic N) is 1. The number of methoxy groups -OCH3 is 4. The van der Waals surface area contributed by atoms with E-state index in [2.05, 4.69) is 4.90 Å². The summed E-state index contributed by atoms with van der Waals surface area (Å²) >= 11 is 0. The average Bonchev–Trinajstić information content (AvgIpc) is 2.70. The van der Waals surface area contributed by atoms with Crippen LogP contribution in [0, 0.1) is 0 Å². The summed E-state index contributed by atoms with van der Waals surface area (Å²) in [5.41, 5.74) is 4.43. The summed E-state index contributed by atoms with van der Waals surface area (Å²) < 4.78 is 22.2. The second kappa shape index (κ2) is 6.46. The van der Waals surface area contributed by atoms with Gasteiger partial charge in [0.15, 0.2) is 28.8 Å². The molecule has 1 aliphatic heterocycles. The molecule has 0 saturated carbocycles. The lowest BCUT2D eigenvalue weighted by Crippen LogP contribution is -2.39. The van der Waals surface area contributed by atoms with E-state index in [0.29, 0.717) is 28.6 Å². The number of hydrogen-bond acceptors (Lipinski definition) is 6. The lowest BCUT2D eigenvalue weighted by Gasteiger charge is -2.39. The van der Waals surface area contributed by atoms with Gasteiger partial charge < -0.3 is 18.9 Å². The van der Waals surface area contributed by atoms with Crippen molar-refractivity contribution >= 4 is 5.78 Å². The molecule has 0 N–H and O–H groups in total. The predicted molar refractivity (Wildman–Crippen MR) is 101 cm³/mol. The van der Waals surface area contributed by atoms with Crippen LogP contribution in [-0.4, -0.2) is 52.7 Å². The zero-order valence-corrected chi connectivity index (χ0v) is 16.2. The third-order valence-corrected chi connectivity index (χ3v) is 5.55. The lowest BCUT2D eigenvalue weighted by molar-refractivity contribution is 0.0835. The number of rotatable bonds is 4. The van der Waals surface area contributed by atoms with Crippen molar-refractivity contribution in [2.24, 2.45) is 0 Å². The summed E-state index contributed by atoms with van der Waals surface area (Å²) in [5.74, 6) is 2.48. The quantitative estimate of drug-likeness (QED) is 0.825. The molecule has 1 atom stereocenters. The summed E-state index contributed by atoms with van der Waals surface area (Å²) in [4.78, 5) is 15.5. The van der Waals surface area contributed by atoms with Crippen LogP contribution >= 0.6 is 0 Å². The summed E-state index contributed by atoms with van der Waals surface area (Å²) in [6.07, 6.45) is 0.853. The van der Waals surface area contributed by atoms with Gasteiger partial charge in [-0.2, -0.15) is 0 Å². The van der Waals surface area contributed by atoms with E-state index in [-0.39, 0.29) is 11.8 Å². The third-order valence-electron chi connectivity index (χ3n) is 5.55. The summed E-state index contributed by atoms with van der Waals surface area (Å²) in [5, 5.41) is 0. The number of likely N-dealkylation sites (N-methyl/N-ethyl adjacent to an activating group) is 1. The van der Waals surface area contributed by atoms with Crippen LogP contribution in [-0.2, 0) is 6.42 Å². The monoisotopic (exact) mass is 369 g/mol. The first-order chi connectivity index (χ1) is 13.0. The molecule has 2 aromatic rings. The van der Waals surface area contributed by atoms with E-state index in [1.165, 1.54) is 0 Å². The van der Waals surface area contributed by atoms with Gasteiger partial charge in [0.25, 0.3) is 0 Å². The molecule has 0 spiro atoms. The number of Topliss-reactive ketones (excluding diaryl/α,β-unsaturated/α-hetero) is 1. The SMILES string of the molecule is COc1cc2c(cc1OC)-c1c(OC)c(OC)cc3c1C(C2=O)N(C)CC3. The number of fused-ring (bicyclic) bond motifs is 2. The van der Waals surface area contributed by atoms with Crippen LogP contribution in [0.4, 0.5) is 0 Å². The van der Waals surface area contributed by atoms with Crippen molar-refractivity contribution < 1.29 is 23.7 Å². The second-order valence-corrected chi connectivity index (χ2v) is 6.81. The molecule has 0 radical (unpaired) electrons. The van der Waals surface area contributed by atoms with Gasteiger partial charge in [0.2, 0.25) is 0 Å². The van der Waals surface area contributed by atoms with E-state index in [9.17, 15) is 4.79 Å².